The molecule has 2 aromatic heterocycles. The van der Waals surface area contributed by atoms with Crippen LogP contribution in [0.25, 0.3) is 22.2 Å². The summed E-state index contributed by atoms with van der Waals surface area (Å²) < 4.78 is 6.35. The minimum atomic E-state index is -0.321. The summed E-state index contributed by atoms with van der Waals surface area (Å²) in [5, 5.41) is 4.37. The van der Waals surface area contributed by atoms with Crippen molar-refractivity contribution >= 4 is 44.7 Å². The molecule has 0 saturated carbocycles. The molecule has 226 valence electrons. The van der Waals surface area contributed by atoms with E-state index in [0.29, 0.717) is 22.0 Å². The minimum Gasteiger partial charge on any atom is -0.437 e. The third kappa shape index (κ3) is 6.89. The molecule has 0 unspecified atom stereocenters. The molecule has 0 aliphatic carbocycles. The SMILES string of the molecule is CCN(CC)c1ccc2cc(C(=O)Nc3nc(-c4ccc(Cc5ccccc5)cc4)c(C)s3)c(=Nc3ccc(C)cc3)oc2c1. The Balaban J connectivity index is 1.31. The van der Waals surface area contributed by atoms with Gasteiger partial charge in [0.05, 0.1) is 11.4 Å². The van der Waals surface area contributed by atoms with Gasteiger partial charge in [0.25, 0.3) is 5.91 Å². The van der Waals surface area contributed by atoms with Crippen molar-refractivity contribution < 1.29 is 9.21 Å². The standard InChI is InChI=1S/C38H36N4O2S/c1-5-42(6-2)32-21-18-30-23-33(37(44-34(30)24-32)39-31-19-12-25(3)13-20-31)36(43)41-38-40-35(26(4)45-38)29-16-14-28(15-17-29)22-27-10-8-7-9-11-27/h7-21,23-24H,5-6,22H2,1-4H3,(H,40,41,43). The van der Waals surface area contributed by atoms with Gasteiger partial charge < -0.3 is 9.32 Å². The second-order valence-corrected chi connectivity index (χ2v) is 12.2. The van der Waals surface area contributed by atoms with Crippen LogP contribution in [0.2, 0.25) is 0 Å². The molecule has 45 heavy (non-hydrogen) atoms. The van der Waals surface area contributed by atoms with Crippen LogP contribution in [-0.2, 0) is 6.42 Å². The quantitative estimate of drug-likeness (QED) is 0.177. The van der Waals surface area contributed by atoms with Crippen LogP contribution in [0.15, 0.2) is 113 Å². The van der Waals surface area contributed by atoms with Gasteiger partial charge in [-0.1, -0.05) is 72.3 Å². The van der Waals surface area contributed by atoms with E-state index < -0.39 is 0 Å². The van der Waals surface area contributed by atoms with Gasteiger partial charge in [-0.2, -0.15) is 0 Å². The average molecular weight is 613 g/mol. The summed E-state index contributed by atoms with van der Waals surface area (Å²) in [6.07, 6.45) is 0.877. The maximum Gasteiger partial charge on any atom is 0.262 e. The van der Waals surface area contributed by atoms with Crippen molar-refractivity contribution in [1.82, 2.24) is 4.98 Å². The highest BCUT2D eigenvalue weighted by Crippen LogP contribution is 2.31. The first-order chi connectivity index (χ1) is 21.9. The van der Waals surface area contributed by atoms with Gasteiger partial charge in [-0.05, 0) is 75.6 Å². The molecule has 0 bridgehead atoms. The number of nitrogens with zero attached hydrogens (tertiary/aromatic N) is 3. The third-order valence-corrected chi connectivity index (χ3v) is 8.75. The molecule has 1 N–H and O–H groups in total. The average Bonchev–Trinajstić information content (AvgIpc) is 3.42. The maximum atomic E-state index is 13.8. The van der Waals surface area contributed by atoms with Crippen molar-refractivity contribution in [3.63, 3.8) is 0 Å². The van der Waals surface area contributed by atoms with Crippen molar-refractivity contribution in [1.29, 1.82) is 0 Å². The first-order valence-electron chi connectivity index (χ1n) is 15.3. The van der Waals surface area contributed by atoms with E-state index in [2.05, 4.69) is 78.7 Å². The number of amides is 1. The number of nitrogens with one attached hydrogen (secondary N) is 1. The lowest BCUT2D eigenvalue weighted by atomic mass is 10.0. The Labute approximate surface area is 267 Å². The molecule has 7 heteroatoms. The molecule has 0 saturated heterocycles. The van der Waals surface area contributed by atoms with Crippen molar-refractivity contribution in [2.24, 2.45) is 4.99 Å². The highest BCUT2D eigenvalue weighted by atomic mass is 32.1. The molecular weight excluding hydrogens is 577 g/mol. The monoisotopic (exact) mass is 612 g/mol. The lowest BCUT2D eigenvalue weighted by molar-refractivity contribution is 0.102. The van der Waals surface area contributed by atoms with Crippen molar-refractivity contribution in [3.05, 3.63) is 136 Å². The van der Waals surface area contributed by atoms with Crippen LogP contribution < -0.4 is 15.8 Å². The van der Waals surface area contributed by atoms with Gasteiger partial charge in [0.15, 0.2) is 5.13 Å². The van der Waals surface area contributed by atoms with Crippen LogP contribution in [-0.4, -0.2) is 24.0 Å². The van der Waals surface area contributed by atoms with E-state index in [9.17, 15) is 4.79 Å². The van der Waals surface area contributed by atoms with Gasteiger partial charge in [-0.15, -0.1) is 11.3 Å². The first kappa shape index (κ1) is 30.0. The van der Waals surface area contributed by atoms with Gasteiger partial charge in [-0.3, -0.25) is 10.1 Å². The number of benzene rings is 4. The number of rotatable bonds is 9. The highest BCUT2D eigenvalue weighted by molar-refractivity contribution is 7.16. The number of anilines is 2. The van der Waals surface area contributed by atoms with E-state index in [4.69, 9.17) is 14.4 Å². The van der Waals surface area contributed by atoms with Gasteiger partial charge in [0.2, 0.25) is 5.55 Å². The fourth-order valence-corrected chi connectivity index (χ4v) is 6.20. The Hall–Kier alpha value is -5.01. The molecular formula is C38H36N4O2S. The van der Waals surface area contributed by atoms with Crippen molar-refractivity contribution in [2.75, 3.05) is 23.3 Å². The Morgan fingerprint density at radius 1 is 0.867 bits per heavy atom. The highest BCUT2D eigenvalue weighted by Gasteiger charge is 2.18. The third-order valence-electron chi connectivity index (χ3n) is 7.87. The summed E-state index contributed by atoms with van der Waals surface area (Å²) in [5.74, 6) is -0.321. The van der Waals surface area contributed by atoms with Crippen molar-refractivity contribution in [3.8, 4) is 11.3 Å². The summed E-state index contributed by atoms with van der Waals surface area (Å²) in [5.41, 5.74) is 8.56. The number of aryl methyl sites for hydroxylation is 2. The van der Waals surface area contributed by atoms with E-state index in [1.165, 1.54) is 22.5 Å². The zero-order valence-corrected chi connectivity index (χ0v) is 26.8. The van der Waals surface area contributed by atoms with Crippen molar-refractivity contribution in [2.45, 2.75) is 34.1 Å². The van der Waals surface area contributed by atoms with Crippen LogP contribution in [0.4, 0.5) is 16.5 Å². The summed E-state index contributed by atoms with van der Waals surface area (Å²) in [7, 11) is 0. The lowest BCUT2D eigenvalue weighted by Gasteiger charge is -2.21. The smallest absolute Gasteiger partial charge is 0.262 e. The van der Waals surface area contributed by atoms with E-state index >= 15 is 0 Å². The number of thiazole rings is 1. The zero-order chi connectivity index (χ0) is 31.3. The van der Waals surface area contributed by atoms with Crippen LogP contribution >= 0.6 is 11.3 Å². The number of hydrogen-bond donors (Lipinski definition) is 1. The van der Waals surface area contributed by atoms with Crippen LogP contribution in [0, 0.1) is 13.8 Å². The number of carbonyl (C=O) groups is 1. The fourth-order valence-electron chi connectivity index (χ4n) is 5.37. The molecule has 6 aromatic rings. The van der Waals surface area contributed by atoms with Crippen LogP contribution in [0.5, 0.6) is 0 Å². The number of hydrogen-bond acceptors (Lipinski definition) is 6. The number of fused-ring (bicyclic) bond motifs is 1. The Morgan fingerprint density at radius 2 is 1.58 bits per heavy atom. The first-order valence-corrected chi connectivity index (χ1v) is 16.1. The normalized spacial score (nSPS) is 11.6. The molecule has 0 aliphatic heterocycles. The molecule has 6 nitrogen and oxygen atoms in total. The second kappa shape index (κ2) is 13.3. The zero-order valence-electron chi connectivity index (χ0n) is 26.0. The van der Waals surface area contributed by atoms with Crippen LogP contribution in [0.1, 0.15) is 45.8 Å². The predicted molar refractivity (Wildman–Crippen MR) is 186 cm³/mol. The topological polar surface area (TPSA) is 70.7 Å². The summed E-state index contributed by atoms with van der Waals surface area (Å²) in [4.78, 5) is 26.6. The molecule has 0 spiro atoms. The van der Waals surface area contributed by atoms with E-state index in [1.807, 2.05) is 62.4 Å². The van der Waals surface area contributed by atoms with E-state index in [-0.39, 0.29) is 11.5 Å². The molecule has 2 heterocycles. The maximum absolute atomic E-state index is 13.8. The Morgan fingerprint density at radius 3 is 2.29 bits per heavy atom. The van der Waals surface area contributed by atoms with Crippen LogP contribution in [0.3, 0.4) is 0 Å². The summed E-state index contributed by atoms with van der Waals surface area (Å²) in [6, 6.07) is 34.6. The molecule has 0 radical (unpaired) electrons. The van der Waals surface area contributed by atoms with Gasteiger partial charge >= 0.3 is 0 Å². The molecule has 1 amide bonds. The largest absolute Gasteiger partial charge is 0.437 e. The molecule has 6 rings (SSSR count). The molecule has 0 aliphatic rings. The molecule has 0 fully saturated rings. The molecule has 4 aromatic carbocycles. The van der Waals surface area contributed by atoms with Gasteiger partial charge in [-0.25, -0.2) is 9.98 Å². The lowest BCUT2D eigenvalue weighted by Crippen LogP contribution is -2.22. The fraction of sp³-hybridized carbons (Fsp3) is 0.184. The second-order valence-electron chi connectivity index (χ2n) is 11.0. The number of aromatic nitrogens is 1. The minimum absolute atomic E-state index is 0.253. The Kier molecular flexibility index (Phi) is 8.89. The van der Waals surface area contributed by atoms with E-state index in [1.54, 1.807) is 0 Å². The molecule has 0 atom stereocenters. The summed E-state index contributed by atoms with van der Waals surface area (Å²) in [6.45, 7) is 10.1. The van der Waals surface area contributed by atoms with Gasteiger partial charge in [0, 0.05) is 40.7 Å². The number of carbonyl (C=O) groups excluding carboxylic acids is 1. The van der Waals surface area contributed by atoms with E-state index in [0.717, 1.165) is 52.3 Å². The van der Waals surface area contributed by atoms with Gasteiger partial charge in [0.1, 0.15) is 11.1 Å². The Bertz CT molecular complexity index is 2010. The summed E-state index contributed by atoms with van der Waals surface area (Å²) >= 11 is 1.45. The predicted octanol–water partition coefficient (Wildman–Crippen LogP) is 9.09.